The Bertz CT molecular complexity index is 727. The minimum Gasteiger partial charge on any atom is -0.466 e. The second-order valence-corrected chi connectivity index (χ2v) is 8.83. The van der Waals surface area contributed by atoms with E-state index in [0.29, 0.717) is 31.2 Å². The zero-order valence-electron chi connectivity index (χ0n) is 15.7. The van der Waals surface area contributed by atoms with Crippen molar-refractivity contribution in [2.24, 2.45) is 5.92 Å². The van der Waals surface area contributed by atoms with E-state index in [0.717, 1.165) is 19.4 Å². The monoisotopic (exact) mass is 373 g/mol. The van der Waals surface area contributed by atoms with Gasteiger partial charge in [-0.15, -0.1) is 0 Å². The number of carbonyl (C=O) groups excluding carboxylic acids is 1. The number of hydrogen-bond donors (Lipinski definition) is 1. The van der Waals surface area contributed by atoms with Crippen molar-refractivity contribution in [3.05, 3.63) is 11.4 Å². The molecule has 1 aromatic heterocycles. The molecule has 1 fully saturated rings. The van der Waals surface area contributed by atoms with Gasteiger partial charge in [0.2, 0.25) is 10.0 Å². The molecule has 0 saturated carbocycles. The Kier molecular flexibility index (Phi) is 6.23. The molecular weight excluding hydrogens is 344 g/mol. The predicted octanol–water partition coefficient (Wildman–Crippen LogP) is -0.434. The van der Waals surface area contributed by atoms with E-state index in [1.807, 2.05) is 6.92 Å². The summed E-state index contributed by atoms with van der Waals surface area (Å²) in [5.74, 6) is -0.227. The highest BCUT2D eigenvalue weighted by molar-refractivity contribution is 7.89. The molecule has 1 aliphatic heterocycles. The highest BCUT2D eigenvalue weighted by Crippen LogP contribution is 2.21. The number of nitrogens with zero attached hydrogens (tertiary/aromatic N) is 3. The van der Waals surface area contributed by atoms with Crippen LogP contribution in [0.5, 0.6) is 0 Å². The maximum Gasteiger partial charge on any atom is 0.314 e. The first kappa shape index (κ1) is 19.9. The average Bonchev–Trinajstić information content (AvgIpc) is 2.82. The predicted molar refractivity (Wildman–Crippen MR) is 92.6 cm³/mol. The topological polar surface area (TPSA) is 85.9 Å². The minimum absolute atomic E-state index is 0.0920. The van der Waals surface area contributed by atoms with Gasteiger partial charge in [0.15, 0.2) is 6.67 Å². The number of piperidine rings is 1. The molecule has 1 aromatic rings. The zero-order valence-corrected chi connectivity index (χ0v) is 16.5. The van der Waals surface area contributed by atoms with Crippen LogP contribution in [0.15, 0.2) is 4.90 Å². The van der Waals surface area contributed by atoms with E-state index in [1.165, 1.54) is 23.3 Å². The van der Waals surface area contributed by atoms with E-state index < -0.39 is 10.0 Å². The lowest BCUT2D eigenvalue weighted by Gasteiger charge is -2.28. The Labute approximate surface area is 149 Å². The molecule has 0 aliphatic carbocycles. The highest BCUT2D eigenvalue weighted by atomic mass is 32.2. The van der Waals surface area contributed by atoms with E-state index >= 15 is 0 Å². The fourth-order valence-electron chi connectivity index (χ4n) is 3.36. The summed E-state index contributed by atoms with van der Waals surface area (Å²) in [6.07, 6.45) is 1.79. The number of ether oxygens (including phenoxy) is 1. The van der Waals surface area contributed by atoms with Crippen molar-refractivity contribution >= 4 is 16.0 Å². The Hall–Kier alpha value is -1.45. The number of aryl methyl sites for hydroxylation is 1. The smallest absolute Gasteiger partial charge is 0.314 e. The Balaban J connectivity index is 2.17. The molecule has 0 spiro atoms. The molecule has 0 radical (unpaired) electrons. The summed E-state index contributed by atoms with van der Waals surface area (Å²) in [5.41, 5.74) is 1.14. The summed E-state index contributed by atoms with van der Waals surface area (Å²) in [6, 6.07) is 0. The number of esters is 1. The summed E-state index contributed by atoms with van der Waals surface area (Å²) in [5, 5.41) is 4.43. The standard InChI is InChI=1S/C16H28N4O4S/c1-6-24-16(21)14-8-7-9-19(10-14)11-20-13(3)15(12(2)17-20)25(22,23)18(4)5/h14H,6-11H2,1-5H3/p+1/t14-/m0/s1. The molecule has 0 bridgehead atoms. The van der Waals surface area contributed by atoms with Gasteiger partial charge in [-0.2, -0.15) is 5.10 Å². The minimum atomic E-state index is -3.52. The van der Waals surface area contributed by atoms with Crippen LogP contribution >= 0.6 is 0 Å². The van der Waals surface area contributed by atoms with Crippen molar-refractivity contribution in [2.45, 2.75) is 45.2 Å². The van der Waals surface area contributed by atoms with Crippen LogP contribution in [0.3, 0.4) is 0 Å². The first-order valence-electron chi connectivity index (χ1n) is 8.65. The molecule has 142 valence electrons. The second-order valence-electron chi connectivity index (χ2n) is 6.74. The number of likely N-dealkylation sites (tertiary alicyclic amines) is 1. The summed E-state index contributed by atoms with van der Waals surface area (Å²) >= 11 is 0. The van der Waals surface area contributed by atoms with Gasteiger partial charge in [0, 0.05) is 14.1 Å². The molecule has 1 unspecified atom stereocenters. The molecule has 9 heteroatoms. The lowest BCUT2D eigenvalue weighted by atomic mass is 9.99. The van der Waals surface area contributed by atoms with Crippen LogP contribution in [0.4, 0.5) is 0 Å². The van der Waals surface area contributed by atoms with Crippen LogP contribution in [0.25, 0.3) is 0 Å². The number of nitrogens with one attached hydrogen (secondary N) is 1. The van der Waals surface area contributed by atoms with Crippen molar-refractivity contribution in [3.8, 4) is 0 Å². The molecule has 2 atom stereocenters. The molecule has 2 heterocycles. The van der Waals surface area contributed by atoms with Gasteiger partial charge in [0.25, 0.3) is 0 Å². The van der Waals surface area contributed by atoms with Gasteiger partial charge in [-0.25, -0.2) is 17.4 Å². The fraction of sp³-hybridized carbons (Fsp3) is 0.750. The van der Waals surface area contributed by atoms with Gasteiger partial charge in [-0.3, -0.25) is 4.79 Å². The molecule has 1 saturated heterocycles. The van der Waals surface area contributed by atoms with Gasteiger partial charge in [-0.05, 0) is 33.6 Å². The molecular formula is C16H29N4O4S+. The van der Waals surface area contributed by atoms with Crippen LogP contribution in [0.1, 0.15) is 31.2 Å². The maximum absolute atomic E-state index is 12.5. The molecule has 0 aromatic carbocycles. The molecule has 2 rings (SSSR count). The number of aromatic nitrogens is 2. The second kappa shape index (κ2) is 7.84. The van der Waals surface area contributed by atoms with Gasteiger partial charge >= 0.3 is 5.97 Å². The third kappa shape index (κ3) is 4.21. The molecule has 1 N–H and O–H groups in total. The van der Waals surface area contributed by atoms with E-state index in [-0.39, 0.29) is 16.8 Å². The van der Waals surface area contributed by atoms with E-state index in [9.17, 15) is 13.2 Å². The molecule has 1 aliphatic rings. The first-order chi connectivity index (χ1) is 11.7. The van der Waals surface area contributed by atoms with E-state index in [1.54, 1.807) is 18.5 Å². The van der Waals surface area contributed by atoms with Crippen molar-refractivity contribution in [3.63, 3.8) is 0 Å². The summed E-state index contributed by atoms with van der Waals surface area (Å²) < 4.78 is 33.1. The number of hydrogen-bond acceptors (Lipinski definition) is 5. The lowest BCUT2D eigenvalue weighted by molar-refractivity contribution is -0.930. The van der Waals surface area contributed by atoms with Crippen molar-refractivity contribution in [1.29, 1.82) is 0 Å². The van der Waals surface area contributed by atoms with Crippen LogP contribution in [0, 0.1) is 19.8 Å². The van der Waals surface area contributed by atoms with Gasteiger partial charge < -0.3 is 9.64 Å². The Morgan fingerprint density at radius 2 is 2.08 bits per heavy atom. The van der Waals surface area contributed by atoms with E-state index in [2.05, 4.69) is 5.10 Å². The third-order valence-corrected chi connectivity index (χ3v) is 6.73. The Morgan fingerprint density at radius 1 is 1.40 bits per heavy atom. The molecule has 25 heavy (non-hydrogen) atoms. The number of sulfonamides is 1. The highest BCUT2D eigenvalue weighted by Gasteiger charge is 2.32. The largest absolute Gasteiger partial charge is 0.466 e. The quantitative estimate of drug-likeness (QED) is 0.684. The first-order valence-corrected chi connectivity index (χ1v) is 10.1. The van der Waals surface area contributed by atoms with Crippen LogP contribution in [-0.2, 0) is 26.2 Å². The lowest BCUT2D eigenvalue weighted by Crippen LogP contribution is -3.13. The average molecular weight is 373 g/mol. The number of quaternary nitrogens is 1. The normalized spacial score (nSPS) is 21.5. The fourth-order valence-corrected chi connectivity index (χ4v) is 4.62. The van der Waals surface area contributed by atoms with Crippen LogP contribution in [-0.4, -0.2) is 62.3 Å². The van der Waals surface area contributed by atoms with Gasteiger partial charge in [0.1, 0.15) is 10.8 Å². The van der Waals surface area contributed by atoms with Crippen molar-refractivity contribution in [2.75, 3.05) is 33.8 Å². The zero-order chi connectivity index (χ0) is 18.8. The molecule has 0 amide bonds. The summed E-state index contributed by atoms with van der Waals surface area (Å²) in [6.45, 7) is 7.87. The number of carbonyl (C=O) groups is 1. The van der Waals surface area contributed by atoms with Crippen molar-refractivity contribution < 1.29 is 22.8 Å². The van der Waals surface area contributed by atoms with E-state index in [4.69, 9.17) is 4.74 Å². The third-order valence-electron chi connectivity index (χ3n) is 4.67. The van der Waals surface area contributed by atoms with Crippen LogP contribution in [0.2, 0.25) is 0 Å². The van der Waals surface area contributed by atoms with Crippen LogP contribution < -0.4 is 4.90 Å². The van der Waals surface area contributed by atoms with Crippen molar-refractivity contribution in [1.82, 2.24) is 14.1 Å². The summed E-state index contributed by atoms with van der Waals surface area (Å²) in [7, 11) is -0.485. The molecule has 8 nitrogen and oxygen atoms in total. The number of rotatable bonds is 6. The van der Waals surface area contributed by atoms with Gasteiger partial charge in [-0.1, -0.05) is 0 Å². The van der Waals surface area contributed by atoms with Gasteiger partial charge in [0.05, 0.1) is 31.1 Å². The summed E-state index contributed by atoms with van der Waals surface area (Å²) in [4.78, 5) is 13.5. The maximum atomic E-state index is 12.5. The Morgan fingerprint density at radius 3 is 2.68 bits per heavy atom. The SMILES string of the molecule is CCOC(=O)[C@H]1CCC[NH+](Cn2nc(C)c(S(=O)(=O)N(C)C)c2C)C1.